The van der Waals surface area contributed by atoms with Crippen molar-refractivity contribution < 1.29 is 9.59 Å². The topological polar surface area (TPSA) is 86.9 Å². The van der Waals surface area contributed by atoms with Crippen molar-refractivity contribution in [2.45, 2.75) is 32.2 Å². The Morgan fingerprint density at radius 3 is 2.57 bits per heavy atom. The van der Waals surface area contributed by atoms with E-state index in [1.54, 1.807) is 0 Å². The van der Waals surface area contributed by atoms with Gasteiger partial charge < -0.3 is 15.6 Å². The molecule has 6 heteroatoms. The van der Waals surface area contributed by atoms with Gasteiger partial charge in [0, 0.05) is 31.0 Å². The zero-order chi connectivity index (χ0) is 19.3. The number of fused-ring (bicyclic) bond motifs is 1. The first kappa shape index (κ1) is 18.2. The first-order chi connectivity index (χ1) is 13.7. The number of nitrogens with one attached hydrogen (secondary N) is 3. The fraction of sp³-hybridized carbons (Fsp3) is 0.318. The van der Waals surface area contributed by atoms with Crippen LogP contribution in [0, 0.1) is 5.92 Å². The van der Waals surface area contributed by atoms with Crippen molar-refractivity contribution in [1.29, 1.82) is 0 Å². The molecule has 144 valence electrons. The molecule has 1 aliphatic rings. The molecule has 2 aromatic carbocycles. The fourth-order valence-electron chi connectivity index (χ4n) is 3.11. The quantitative estimate of drug-likeness (QED) is 0.528. The van der Waals surface area contributed by atoms with Crippen molar-refractivity contribution in [1.82, 2.24) is 20.6 Å². The van der Waals surface area contributed by atoms with Crippen molar-refractivity contribution in [2.75, 3.05) is 6.54 Å². The predicted molar refractivity (Wildman–Crippen MR) is 108 cm³/mol. The Morgan fingerprint density at radius 1 is 1.04 bits per heavy atom. The van der Waals surface area contributed by atoms with Crippen LogP contribution in [-0.4, -0.2) is 28.3 Å². The van der Waals surface area contributed by atoms with Gasteiger partial charge in [-0.25, -0.2) is 4.98 Å². The summed E-state index contributed by atoms with van der Waals surface area (Å²) in [5.74, 6) is 1.19. The number of benzene rings is 2. The number of aromatic nitrogens is 2. The molecule has 3 N–H and O–H groups in total. The lowest BCUT2D eigenvalue weighted by molar-refractivity contribution is -0.123. The third-order valence-corrected chi connectivity index (χ3v) is 4.93. The van der Waals surface area contributed by atoms with Crippen LogP contribution in [-0.2, 0) is 16.1 Å². The molecule has 1 heterocycles. The zero-order valence-corrected chi connectivity index (χ0v) is 15.7. The van der Waals surface area contributed by atoms with E-state index in [9.17, 15) is 9.59 Å². The van der Waals surface area contributed by atoms with Crippen LogP contribution in [0.15, 0.2) is 48.5 Å². The third-order valence-electron chi connectivity index (χ3n) is 4.93. The SMILES string of the molecule is O=C(CCCNC(=O)C1CC1)NCc1ccc(-c2nc3ccccc3[nH]2)cc1. The minimum absolute atomic E-state index is 0.00188. The Bertz CT molecular complexity index is 941. The molecule has 0 spiro atoms. The van der Waals surface area contributed by atoms with Crippen molar-refractivity contribution >= 4 is 22.8 Å². The number of nitrogens with zero attached hydrogens (tertiary/aromatic N) is 1. The molecule has 0 atom stereocenters. The lowest BCUT2D eigenvalue weighted by Crippen LogP contribution is -2.28. The van der Waals surface area contributed by atoms with E-state index in [2.05, 4.69) is 20.6 Å². The predicted octanol–water partition coefficient (Wildman–Crippen LogP) is 3.15. The van der Waals surface area contributed by atoms with Gasteiger partial charge in [0.25, 0.3) is 0 Å². The molecule has 3 aromatic rings. The largest absolute Gasteiger partial charge is 0.356 e. The van der Waals surface area contributed by atoms with Crippen LogP contribution < -0.4 is 10.6 Å². The summed E-state index contributed by atoms with van der Waals surface area (Å²) in [4.78, 5) is 31.4. The average molecular weight is 376 g/mol. The Hall–Kier alpha value is -3.15. The number of H-pyrrole nitrogens is 1. The van der Waals surface area contributed by atoms with E-state index in [4.69, 9.17) is 0 Å². The van der Waals surface area contributed by atoms with Crippen LogP contribution in [0.25, 0.3) is 22.4 Å². The van der Waals surface area contributed by atoms with Gasteiger partial charge in [-0.15, -0.1) is 0 Å². The Morgan fingerprint density at radius 2 is 1.82 bits per heavy atom. The van der Waals surface area contributed by atoms with E-state index >= 15 is 0 Å². The van der Waals surface area contributed by atoms with Crippen LogP contribution in [0.4, 0.5) is 0 Å². The van der Waals surface area contributed by atoms with Gasteiger partial charge in [0.15, 0.2) is 0 Å². The molecule has 28 heavy (non-hydrogen) atoms. The van der Waals surface area contributed by atoms with E-state index in [-0.39, 0.29) is 17.7 Å². The minimum Gasteiger partial charge on any atom is -0.356 e. The van der Waals surface area contributed by atoms with Crippen LogP contribution in [0.1, 0.15) is 31.2 Å². The number of para-hydroxylation sites is 2. The van der Waals surface area contributed by atoms with Crippen molar-refractivity contribution in [3.05, 3.63) is 54.1 Å². The minimum atomic E-state index is 0.00188. The lowest BCUT2D eigenvalue weighted by atomic mass is 10.1. The van der Waals surface area contributed by atoms with Crippen molar-refractivity contribution in [2.24, 2.45) is 5.92 Å². The highest BCUT2D eigenvalue weighted by Gasteiger charge is 2.28. The van der Waals surface area contributed by atoms with E-state index < -0.39 is 0 Å². The molecule has 6 nitrogen and oxygen atoms in total. The van der Waals surface area contributed by atoms with Crippen molar-refractivity contribution in [3.63, 3.8) is 0 Å². The molecular formula is C22H24N4O2. The molecule has 1 aromatic heterocycles. The first-order valence-electron chi connectivity index (χ1n) is 9.77. The molecule has 1 aliphatic carbocycles. The van der Waals surface area contributed by atoms with Crippen LogP contribution in [0.5, 0.6) is 0 Å². The number of imidazole rings is 1. The molecule has 0 aliphatic heterocycles. The lowest BCUT2D eigenvalue weighted by Gasteiger charge is -2.07. The van der Waals surface area contributed by atoms with Gasteiger partial charge in [0.2, 0.25) is 11.8 Å². The standard InChI is InChI=1S/C22H24N4O2/c27-20(6-3-13-23-22(28)17-11-12-17)24-14-15-7-9-16(10-8-15)21-25-18-4-1-2-5-19(18)26-21/h1-2,4-5,7-10,17H,3,6,11-14H2,(H,23,28)(H,24,27)(H,25,26). The Balaban J connectivity index is 1.22. The fourth-order valence-corrected chi connectivity index (χ4v) is 3.11. The number of hydrogen-bond acceptors (Lipinski definition) is 3. The number of carbonyl (C=O) groups is 2. The maximum atomic E-state index is 12.0. The summed E-state index contributed by atoms with van der Waals surface area (Å²) in [5, 5.41) is 5.81. The highest BCUT2D eigenvalue weighted by molar-refractivity contribution is 5.81. The van der Waals surface area contributed by atoms with Gasteiger partial charge in [-0.1, -0.05) is 36.4 Å². The second-order valence-electron chi connectivity index (χ2n) is 7.25. The van der Waals surface area contributed by atoms with Gasteiger partial charge in [0.1, 0.15) is 5.82 Å². The number of rotatable bonds is 8. The molecular weight excluding hydrogens is 352 g/mol. The zero-order valence-electron chi connectivity index (χ0n) is 15.7. The number of aromatic amines is 1. The highest BCUT2D eigenvalue weighted by Crippen LogP contribution is 2.28. The van der Waals surface area contributed by atoms with E-state index in [1.807, 2.05) is 48.5 Å². The second-order valence-corrected chi connectivity index (χ2v) is 7.25. The number of amides is 2. The van der Waals surface area contributed by atoms with Gasteiger partial charge in [-0.2, -0.15) is 0 Å². The van der Waals surface area contributed by atoms with E-state index in [1.165, 1.54) is 0 Å². The molecule has 1 saturated carbocycles. The monoisotopic (exact) mass is 376 g/mol. The maximum Gasteiger partial charge on any atom is 0.223 e. The second kappa shape index (κ2) is 8.25. The molecule has 4 rings (SSSR count). The number of hydrogen-bond donors (Lipinski definition) is 3. The summed E-state index contributed by atoms with van der Waals surface area (Å²) >= 11 is 0. The summed E-state index contributed by atoms with van der Waals surface area (Å²) in [7, 11) is 0. The van der Waals surface area contributed by atoms with Gasteiger partial charge in [0.05, 0.1) is 11.0 Å². The molecule has 0 unspecified atom stereocenters. The summed E-state index contributed by atoms with van der Waals surface area (Å²) < 4.78 is 0. The van der Waals surface area contributed by atoms with Gasteiger partial charge >= 0.3 is 0 Å². The Kier molecular flexibility index (Phi) is 5.37. The summed E-state index contributed by atoms with van der Waals surface area (Å²) in [5.41, 5.74) is 4.01. The number of carbonyl (C=O) groups excluding carboxylic acids is 2. The van der Waals surface area contributed by atoms with Crippen LogP contribution in [0.2, 0.25) is 0 Å². The molecule has 0 saturated heterocycles. The van der Waals surface area contributed by atoms with Crippen LogP contribution in [0.3, 0.4) is 0 Å². The van der Waals surface area contributed by atoms with E-state index in [0.29, 0.717) is 25.9 Å². The molecule has 2 amide bonds. The van der Waals surface area contributed by atoms with Crippen molar-refractivity contribution in [3.8, 4) is 11.4 Å². The molecule has 1 fully saturated rings. The average Bonchev–Trinajstić information content (AvgIpc) is 3.48. The highest BCUT2D eigenvalue weighted by atomic mass is 16.2. The van der Waals surface area contributed by atoms with E-state index in [0.717, 1.165) is 40.8 Å². The smallest absolute Gasteiger partial charge is 0.223 e. The summed E-state index contributed by atoms with van der Waals surface area (Å²) in [6.45, 7) is 1.06. The van der Waals surface area contributed by atoms with Gasteiger partial charge in [-0.05, 0) is 37.0 Å². The normalized spacial score (nSPS) is 13.4. The summed E-state index contributed by atoms with van der Waals surface area (Å²) in [6.07, 6.45) is 3.08. The molecule has 0 radical (unpaired) electrons. The first-order valence-corrected chi connectivity index (χ1v) is 9.77. The van der Waals surface area contributed by atoms with Crippen LogP contribution >= 0.6 is 0 Å². The maximum absolute atomic E-state index is 12.0. The Labute approximate surface area is 163 Å². The van der Waals surface area contributed by atoms with Gasteiger partial charge in [-0.3, -0.25) is 9.59 Å². The summed E-state index contributed by atoms with van der Waals surface area (Å²) in [6, 6.07) is 16.0. The third kappa shape index (κ3) is 4.57. The molecule has 0 bridgehead atoms.